The van der Waals surface area contributed by atoms with Gasteiger partial charge in [-0.3, -0.25) is 4.68 Å². The first-order valence-electron chi connectivity index (χ1n) is 6.38. The number of hydrogen-bond acceptors (Lipinski definition) is 4. The Balaban J connectivity index is 1.80. The summed E-state index contributed by atoms with van der Waals surface area (Å²) in [5, 5.41) is 4.15. The third kappa shape index (κ3) is 5.07. The SMILES string of the molecule is NCc1cnn(CCCc2ccc(OC(F)(F)F)nc2)c1. The van der Waals surface area contributed by atoms with Crippen LogP contribution < -0.4 is 10.5 Å². The van der Waals surface area contributed by atoms with Gasteiger partial charge in [0.15, 0.2) is 0 Å². The number of aromatic nitrogens is 3. The molecule has 0 saturated heterocycles. The van der Waals surface area contributed by atoms with Gasteiger partial charge in [-0.15, -0.1) is 13.2 Å². The van der Waals surface area contributed by atoms with Crippen molar-refractivity contribution in [2.75, 3.05) is 0 Å². The van der Waals surface area contributed by atoms with E-state index in [-0.39, 0.29) is 0 Å². The fourth-order valence-corrected chi connectivity index (χ4v) is 1.82. The highest BCUT2D eigenvalue weighted by molar-refractivity contribution is 5.18. The molecule has 5 nitrogen and oxygen atoms in total. The summed E-state index contributed by atoms with van der Waals surface area (Å²) in [6.07, 6.45) is 1.75. The second-order valence-corrected chi connectivity index (χ2v) is 4.47. The van der Waals surface area contributed by atoms with E-state index in [1.165, 1.54) is 12.3 Å². The van der Waals surface area contributed by atoms with Crippen LogP contribution in [-0.2, 0) is 19.5 Å². The molecular formula is C13H15F3N4O. The molecule has 2 aromatic heterocycles. The van der Waals surface area contributed by atoms with Gasteiger partial charge in [0.25, 0.3) is 0 Å². The molecule has 0 aromatic carbocycles. The Morgan fingerprint density at radius 3 is 2.57 bits per heavy atom. The van der Waals surface area contributed by atoms with Crippen LogP contribution in [-0.4, -0.2) is 21.1 Å². The van der Waals surface area contributed by atoms with Crippen LogP contribution in [0.2, 0.25) is 0 Å². The molecule has 2 N–H and O–H groups in total. The Bertz CT molecular complexity index is 566. The molecule has 8 heteroatoms. The topological polar surface area (TPSA) is 66.0 Å². The van der Waals surface area contributed by atoms with Crippen LogP contribution in [0.1, 0.15) is 17.5 Å². The average molecular weight is 300 g/mol. The zero-order valence-corrected chi connectivity index (χ0v) is 11.2. The van der Waals surface area contributed by atoms with Crippen molar-refractivity contribution >= 4 is 0 Å². The van der Waals surface area contributed by atoms with Crippen LogP contribution in [0.4, 0.5) is 13.2 Å². The first-order chi connectivity index (χ1) is 9.96. The van der Waals surface area contributed by atoms with E-state index in [0.29, 0.717) is 19.5 Å². The van der Waals surface area contributed by atoms with Gasteiger partial charge in [-0.1, -0.05) is 6.07 Å². The predicted molar refractivity (Wildman–Crippen MR) is 69.4 cm³/mol. The maximum absolute atomic E-state index is 12.0. The molecule has 0 spiro atoms. The highest BCUT2D eigenvalue weighted by Crippen LogP contribution is 2.20. The third-order valence-electron chi connectivity index (χ3n) is 2.79. The Morgan fingerprint density at radius 2 is 2.00 bits per heavy atom. The van der Waals surface area contributed by atoms with E-state index >= 15 is 0 Å². The largest absolute Gasteiger partial charge is 0.574 e. The Hall–Kier alpha value is -2.09. The normalized spacial score (nSPS) is 11.6. The Morgan fingerprint density at radius 1 is 1.19 bits per heavy atom. The number of alkyl halides is 3. The molecule has 2 heterocycles. The number of ether oxygens (including phenoxy) is 1. The zero-order chi connectivity index (χ0) is 15.3. The second kappa shape index (κ2) is 6.57. The molecule has 0 aliphatic heterocycles. The van der Waals surface area contributed by atoms with Gasteiger partial charge in [-0.2, -0.15) is 5.10 Å². The first kappa shape index (κ1) is 15.3. The summed E-state index contributed by atoms with van der Waals surface area (Å²) in [4.78, 5) is 3.63. The van der Waals surface area contributed by atoms with Gasteiger partial charge < -0.3 is 10.5 Å². The quantitative estimate of drug-likeness (QED) is 0.888. The van der Waals surface area contributed by atoms with Gasteiger partial charge in [0, 0.05) is 37.1 Å². The maximum atomic E-state index is 12.0. The number of nitrogens with two attached hydrogens (primary N) is 1. The fraction of sp³-hybridized carbons (Fsp3) is 0.385. The number of halogens is 3. The van der Waals surface area contributed by atoms with Crippen molar-refractivity contribution in [3.05, 3.63) is 41.9 Å². The van der Waals surface area contributed by atoms with E-state index in [2.05, 4.69) is 14.8 Å². The van der Waals surface area contributed by atoms with Gasteiger partial charge in [0.05, 0.1) is 6.20 Å². The summed E-state index contributed by atoms with van der Waals surface area (Å²) >= 11 is 0. The maximum Gasteiger partial charge on any atom is 0.574 e. The highest BCUT2D eigenvalue weighted by atomic mass is 19.4. The van der Waals surface area contributed by atoms with Crippen LogP contribution in [0.3, 0.4) is 0 Å². The van der Waals surface area contributed by atoms with Crippen LogP contribution in [0, 0.1) is 0 Å². The van der Waals surface area contributed by atoms with Gasteiger partial charge in [-0.05, 0) is 18.4 Å². The minimum Gasteiger partial charge on any atom is -0.388 e. The smallest absolute Gasteiger partial charge is 0.388 e. The van der Waals surface area contributed by atoms with Gasteiger partial charge >= 0.3 is 6.36 Å². The summed E-state index contributed by atoms with van der Waals surface area (Å²) in [5.41, 5.74) is 7.29. The molecule has 2 aromatic rings. The molecular weight excluding hydrogens is 285 g/mol. The van der Waals surface area contributed by atoms with Crippen LogP contribution in [0.5, 0.6) is 5.88 Å². The molecule has 0 bridgehead atoms. The molecule has 0 aliphatic rings. The van der Waals surface area contributed by atoms with E-state index in [1.807, 2.05) is 6.20 Å². The predicted octanol–water partition coefficient (Wildman–Crippen LogP) is 2.27. The first-order valence-corrected chi connectivity index (χ1v) is 6.38. The molecule has 0 fully saturated rings. The van der Waals surface area contributed by atoms with Crippen molar-refractivity contribution in [3.8, 4) is 5.88 Å². The van der Waals surface area contributed by atoms with Crippen molar-refractivity contribution in [1.29, 1.82) is 0 Å². The molecule has 21 heavy (non-hydrogen) atoms. The molecule has 0 atom stereocenters. The molecule has 0 unspecified atom stereocenters. The zero-order valence-electron chi connectivity index (χ0n) is 11.2. The van der Waals surface area contributed by atoms with Crippen LogP contribution in [0.25, 0.3) is 0 Å². The Labute approximate surface area is 119 Å². The molecule has 0 radical (unpaired) electrons. The lowest BCUT2D eigenvalue weighted by Crippen LogP contribution is -2.17. The van der Waals surface area contributed by atoms with Crippen LogP contribution >= 0.6 is 0 Å². The summed E-state index contributed by atoms with van der Waals surface area (Å²) in [5.74, 6) is -0.453. The molecule has 0 saturated carbocycles. The van der Waals surface area contributed by atoms with E-state index < -0.39 is 12.2 Å². The lowest BCUT2D eigenvalue weighted by atomic mass is 10.1. The van der Waals surface area contributed by atoms with Crippen molar-refractivity contribution in [2.24, 2.45) is 5.73 Å². The highest BCUT2D eigenvalue weighted by Gasteiger charge is 2.31. The van der Waals surface area contributed by atoms with Crippen LogP contribution in [0.15, 0.2) is 30.7 Å². The average Bonchev–Trinajstić information content (AvgIpc) is 2.87. The summed E-state index contributed by atoms with van der Waals surface area (Å²) in [6.45, 7) is 1.16. The van der Waals surface area contributed by atoms with E-state index in [0.717, 1.165) is 17.5 Å². The molecule has 114 valence electrons. The number of rotatable bonds is 6. The lowest BCUT2D eigenvalue weighted by molar-refractivity contribution is -0.276. The Kier molecular flexibility index (Phi) is 4.79. The molecule has 2 rings (SSSR count). The summed E-state index contributed by atoms with van der Waals surface area (Å²) < 4.78 is 41.4. The van der Waals surface area contributed by atoms with Crippen molar-refractivity contribution in [2.45, 2.75) is 32.3 Å². The van der Waals surface area contributed by atoms with Crippen molar-refractivity contribution in [3.63, 3.8) is 0 Å². The van der Waals surface area contributed by atoms with E-state index in [9.17, 15) is 13.2 Å². The third-order valence-corrected chi connectivity index (χ3v) is 2.79. The number of hydrogen-bond donors (Lipinski definition) is 1. The summed E-state index contributed by atoms with van der Waals surface area (Å²) in [7, 11) is 0. The lowest BCUT2D eigenvalue weighted by Gasteiger charge is -2.08. The van der Waals surface area contributed by atoms with Gasteiger partial charge in [-0.25, -0.2) is 4.98 Å². The minimum atomic E-state index is -4.71. The van der Waals surface area contributed by atoms with E-state index in [4.69, 9.17) is 5.73 Å². The van der Waals surface area contributed by atoms with Gasteiger partial charge in [0.1, 0.15) is 0 Å². The van der Waals surface area contributed by atoms with Crippen molar-refractivity contribution < 1.29 is 17.9 Å². The van der Waals surface area contributed by atoms with Crippen molar-refractivity contribution in [1.82, 2.24) is 14.8 Å². The fourth-order valence-electron chi connectivity index (χ4n) is 1.82. The second-order valence-electron chi connectivity index (χ2n) is 4.47. The number of nitrogens with zero attached hydrogens (tertiary/aromatic N) is 3. The number of pyridine rings is 1. The van der Waals surface area contributed by atoms with Gasteiger partial charge in [0.2, 0.25) is 5.88 Å². The monoisotopic (exact) mass is 300 g/mol. The van der Waals surface area contributed by atoms with E-state index in [1.54, 1.807) is 16.9 Å². The summed E-state index contributed by atoms with van der Waals surface area (Å²) in [6, 6.07) is 2.78. The standard InChI is InChI=1S/C13H15F3N4O/c14-13(15,16)21-12-4-3-10(7-18-12)2-1-5-20-9-11(6-17)8-19-20/h3-4,7-9H,1-2,5-6,17H2. The minimum absolute atomic E-state index is 0.449. The molecule has 0 aliphatic carbocycles. The number of aryl methyl sites for hydroxylation is 2. The molecule has 0 amide bonds.